The summed E-state index contributed by atoms with van der Waals surface area (Å²) in [6.07, 6.45) is 1.87. The summed E-state index contributed by atoms with van der Waals surface area (Å²) in [5.41, 5.74) is 1.31. The van der Waals surface area contributed by atoms with E-state index in [-0.39, 0.29) is 0 Å². The van der Waals surface area contributed by atoms with Gasteiger partial charge < -0.3 is 10.2 Å². The molecule has 3 heteroatoms. The summed E-state index contributed by atoms with van der Waals surface area (Å²) in [6.45, 7) is 9.59. The number of anilines is 1. The average molecular weight is 221 g/mol. The van der Waals surface area contributed by atoms with E-state index in [0.717, 1.165) is 25.5 Å². The maximum Gasteiger partial charge on any atom is 0.126 e. The van der Waals surface area contributed by atoms with Gasteiger partial charge in [-0.05, 0) is 37.6 Å². The van der Waals surface area contributed by atoms with Gasteiger partial charge in [-0.25, -0.2) is 4.98 Å². The van der Waals surface area contributed by atoms with Crippen molar-refractivity contribution >= 4 is 5.82 Å². The highest BCUT2D eigenvalue weighted by molar-refractivity contribution is 5.37. The molecule has 0 spiro atoms. The van der Waals surface area contributed by atoms with E-state index in [9.17, 15) is 0 Å². The zero-order valence-corrected chi connectivity index (χ0v) is 10.8. The summed E-state index contributed by atoms with van der Waals surface area (Å²) < 4.78 is 0. The minimum absolute atomic E-state index is 0.708. The van der Waals surface area contributed by atoms with E-state index in [1.165, 1.54) is 5.56 Å². The molecule has 1 rings (SSSR count). The Bertz CT molecular complexity index is 310. The molecule has 1 heterocycles. The third kappa shape index (κ3) is 4.62. The highest BCUT2D eigenvalue weighted by Gasteiger charge is 2.03. The summed E-state index contributed by atoms with van der Waals surface area (Å²) in [4.78, 5) is 6.61. The number of hydrogen-bond donors (Lipinski definition) is 1. The molecule has 0 unspecified atom stereocenters. The summed E-state index contributed by atoms with van der Waals surface area (Å²) in [5, 5.41) is 3.23. The lowest BCUT2D eigenvalue weighted by molar-refractivity contribution is 0.288. The minimum Gasteiger partial charge on any atom is -0.370 e. The quantitative estimate of drug-likeness (QED) is 0.800. The van der Waals surface area contributed by atoms with Gasteiger partial charge in [0.25, 0.3) is 0 Å². The number of aromatic nitrogens is 1. The molecule has 0 fully saturated rings. The van der Waals surface area contributed by atoms with Gasteiger partial charge in [-0.1, -0.05) is 13.8 Å². The molecule has 1 N–H and O–H groups in total. The predicted octanol–water partition coefficient (Wildman–Crippen LogP) is 2.60. The number of hydrogen-bond acceptors (Lipinski definition) is 3. The molecule has 0 aliphatic heterocycles. The van der Waals surface area contributed by atoms with Crippen molar-refractivity contribution in [3.63, 3.8) is 0 Å². The number of pyridine rings is 1. The molecule has 3 nitrogen and oxygen atoms in total. The van der Waals surface area contributed by atoms with Crippen LogP contribution in [0.4, 0.5) is 5.82 Å². The smallest absolute Gasteiger partial charge is 0.126 e. The van der Waals surface area contributed by atoms with Crippen LogP contribution < -0.4 is 5.32 Å². The second-order valence-corrected chi connectivity index (χ2v) is 4.67. The molecular weight excluding hydrogens is 198 g/mol. The zero-order chi connectivity index (χ0) is 12.0. The molecule has 0 aliphatic carbocycles. The highest BCUT2D eigenvalue weighted by atomic mass is 15.1. The van der Waals surface area contributed by atoms with Crippen molar-refractivity contribution in [2.24, 2.45) is 5.92 Å². The summed E-state index contributed by atoms with van der Waals surface area (Å²) in [7, 11) is 2.16. The van der Waals surface area contributed by atoms with Gasteiger partial charge in [0.15, 0.2) is 0 Å². The van der Waals surface area contributed by atoms with E-state index >= 15 is 0 Å². The van der Waals surface area contributed by atoms with Crippen LogP contribution >= 0.6 is 0 Å². The highest BCUT2D eigenvalue weighted by Crippen LogP contribution is 2.09. The van der Waals surface area contributed by atoms with Gasteiger partial charge in [0, 0.05) is 25.8 Å². The second kappa shape index (κ2) is 6.48. The van der Waals surface area contributed by atoms with Crippen LogP contribution in [0.3, 0.4) is 0 Å². The molecule has 0 aromatic carbocycles. The third-order valence-corrected chi connectivity index (χ3v) is 2.31. The van der Waals surface area contributed by atoms with Crippen LogP contribution in [0.1, 0.15) is 26.3 Å². The maximum absolute atomic E-state index is 4.27. The Morgan fingerprint density at radius 2 is 2.19 bits per heavy atom. The molecule has 0 radical (unpaired) electrons. The number of rotatable bonds is 6. The van der Waals surface area contributed by atoms with Gasteiger partial charge in [-0.2, -0.15) is 0 Å². The van der Waals surface area contributed by atoms with Crippen molar-refractivity contribution in [1.82, 2.24) is 9.88 Å². The summed E-state index contributed by atoms with van der Waals surface area (Å²) in [6, 6.07) is 4.21. The molecule has 0 amide bonds. The van der Waals surface area contributed by atoms with E-state index in [2.05, 4.69) is 55.2 Å². The fraction of sp³-hybridized carbons (Fsp3) is 0.615. The van der Waals surface area contributed by atoms with E-state index < -0.39 is 0 Å². The monoisotopic (exact) mass is 221 g/mol. The molecule has 16 heavy (non-hydrogen) atoms. The standard InChI is InChI=1S/C13H23N3/c1-5-14-13-8-12(6-7-15-13)10-16(4)9-11(2)3/h6-8,11H,5,9-10H2,1-4H3,(H,14,15). The lowest BCUT2D eigenvalue weighted by Gasteiger charge is -2.19. The number of nitrogens with one attached hydrogen (secondary N) is 1. The first kappa shape index (κ1) is 13.0. The van der Waals surface area contributed by atoms with E-state index in [4.69, 9.17) is 0 Å². The molecule has 1 aromatic rings. The van der Waals surface area contributed by atoms with Crippen LogP contribution in [0, 0.1) is 5.92 Å². The van der Waals surface area contributed by atoms with Gasteiger partial charge >= 0.3 is 0 Å². The van der Waals surface area contributed by atoms with Crippen LogP contribution in [0.2, 0.25) is 0 Å². The van der Waals surface area contributed by atoms with E-state index in [1.807, 2.05) is 6.20 Å². The van der Waals surface area contributed by atoms with E-state index in [0.29, 0.717) is 5.92 Å². The second-order valence-electron chi connectivity index (χ2n) is 4.67. The zero-order valence-electron chi connectivity index (χ0n) is 10.8. The number of nitrogens with zero attached hydrogens (tertiary/aromatic N) is 2. The Kier molecular flexibility index (Phi) is 5.26. The average Bonchev–Trinajstić information content (AvgIpc) is 2.17. The van der Waals surface area contributed by atoms with Crippen LogP contribution in [0.15, 0.2) is 18.3 Å². The molecule has 1 aromatic heterocycles. The van der Waals surface area contributed by atoms with Crippen LogP contribution in [0.25, 0.3) is 0 Å². The lowest BCUT2D eigenvalue weighted by atomic mass is 10.2. The van der Waals surface area contributed by atoms with Crippen LogP contribution in [-0.2, 0) is 6.54 Å². The van der Waals surface area contributed by atoms with Crippen molar-refractivity contribution in [2.45, 2.75) is 27.3 Å². The van der Waals surface area contributed by atoms with Crippen molar-refractivity contribution in [1.29, 1.82) is 0 Å². The topological polar surface area (TPSA) is 28.2 Å². The lowest BCUT2D eigenvalue weighted by Crippen LogP contribution is -2.22. The normalized spacial score (nSPS) is 11.1. The van der Waals surface area contributed by atoms with Crippen LogP contribution in [0.5, 0.6) is 0 Å². The molecule has 0 bridgehead atoms. The van der Waals surface area contributed by atoms with Crippen molar-refractivity contribution in [2.75, 3.05) is 25.5 Å². The van der Waals surface area contributed by atoms with Crippen molar-refractivity contribution in [3.05, 3.63) is 23.9 Å². The Hall–Kier alpha value is -1.09. The Balaban J connectivity index is 2.55. The SMILES string of the molecule is CCNc1cc(CN(C)CC(C)C)ccn1. The van der Waals surface area contributed by atoms with Gasteiger partial charge in [-0.15, -0.1) is 0 Å². The van der Waals surface area contributed by atoms with E-state index in [1.54, 1.807) is 0 Å². The Labute approximate surface area is 98.9 Å². The molecule has 0 saturated carbocycles. The minimum atomic E-state index is 0.708. The van der Waals surface area contributed by atoms with Crippen molar-refractivity contribution in [3.8, 4) is 0 Å². The third-order valence-electron chi connectivity index (χ3n) is 2.31. The van der Waals surface area contributed by atoms with Crippen LogP contribution in [-0.4, -0.2) is 30.0 Å². The van der Waals surface area contributed by atoms with Gasteiger partial charge in [-0.3, -0.25) is 0 Å². The first-order valence-electron chi connectivity index (χ1n) is 5.99. The molecule has 0 atom stereocenters. The van der Waals surface area contributed by atoms with Crippen molar-refractivity contribution < 1.29 is 0 Å². The Morgan fingerprint density at radius 1 is 1.44 bits per heavy atom. The van der Waals surface area contributed by atoms with Gasteiger partial charge in [0.2, 0.25) is 0 Å². The molecule has 0 saturated heterocycles. The first-order chi connectivity index (χ1) is 7.61. The molecule has 0 aliphatic rings. The van der Waals surface area contributed by atoms with Gasteiger partial charge in [0.1, 0.15) is 5.82 Å². The van der Waals surface area contributed by atoms with Gasteiger partial charge in [0.05, 0.1) is 0 Å². The first-order valence-corrected chi connectivity index (χ1v) is 5.99. The summed E-state index contributed by atoms with van der Waals surface area (Å²) in [5.74, 6) is 1.68. The molecular formula is C13H23N3. The Morgan fingerprint density at radius 3 is 2.81 bits per heavy atom. The fourth-order valence-corrected chi connectivity index (χ4v) is 1.85. The predicted molar refractivity (Wildman–Crippen MR) is 69.6 cm³/mol. The largest absolute Gasteiger partial charge is 0.370 e. The maximum atomic E-state index is 4.27. The fourth-order valence-electron chi connectivity index (χ4n) is 1.85. The summed E-state index contributed by atoms with van der Waals surface area (Å²) >= 11 is 0. The molecule has 90 valence electrons.